The second kappa shape index (κ2) is 7.34. The molecule has 1 fully saturated rings. The minimum atomic E-state index is -3.88. The molecule has 0 amide bonds. The summed E-state index contributed by atoms with van der Waals surface area (Å²) in [4.78, 5) is 6.22. The maximum atomic E-state index is 13.5. The number of rotatable bonds is 5. The Bertz CT molecular complexity index is 1360. The number of fused-ring (bicyclic) bond motifs is 1. The van der Waals surface area contributed by atoms with Crippen molar-refractivity contribution in [1.29, 1.82) is 0 Å². The molecule has 4 aromatic rings. The SMILES string of the molecule is Cn1ncc2cccc(NS(=O)(=O)c3cnn(-c4cc(N5CCC(F)C5)ccn4)c3)c21. The third-order valence-corrected chi connectivity index (χ3v) is 6.65. The second-order valence-corrected chi connectivity index (χ2v) is 9.12. The van der Waals surface area contributed by atoms with Crippen LogP contribution in [0, 0.1) is 0 Å². The number of alkyl halides is 1. The lowest BCUT2D eigenvalue weighted by atomic mass is 10.2. The van der Waals surface area contributed by atoms with Crippen LogP contribution in [-0.2, 0) is 17.1 Å². The van der Waals surface area contributed by atoms with Gasteiger partial charge >= 0.3 is 0 Å². The van der Waals surface area contributed by atoms with Gasteiger partial charge < -0.3 is 4.90 Å². The Morgan fingerprint density at radius 1 is 1.19 bits per heavy atom. The number of benzene rings is 1. The molecule has 11 heteroatoms. The first-order valence-electron chi connectivity index (χ1n) is 9.74. The number of hydrogen-bond donors (Lipinski definition) is 1. The number of anilines is 2. The molecule has 0 bridgehead atoms. The molecule has 4 heterocycles. The van der Waals surface area contributed by atoms with Crippen LogP contribution in [0.2, 0.25) is 0 Å². The number of aromatic nitrogens is 5. The van der Waals surface area contributed by atoms with E-state index in [0.29, 0.717) is 36.5 Å². The summed E-state index contributed by atoms with van der Waals surface area (Å²) in [5.41, 5.74) is 1.94. The van der Waals surface area contributed by atoms with Crippen LogP contribution >= 0.6 is 0 Å². The van der Waals surface area contributed by atoms with E-state index in [2.05, 4.69) is 19.9 Å². The molecule has 1 atom stereocenters. The molecular weight excluding hydrogens is 421 g/mol. The molecule has 160 valence electrons. The zero-order chi connectivity index (χ0) is 21.6. The minimum Gasteiger partial charge on any atom is -0.368 e. The summed E-state index contributed by atoms with van der Waals surface area (Å²) in [6.45, 7) is 0.971. The molecule has 1 aromatic carbocycles. The number of hydrogen-bond acceptors (Lipinski definition) is 6. The zero-order valence-corrected chi connectivity index (χ0v) is 17.5. The Hall–Kier alpha value is -3.47. The van der Waals surface area contributed by atoms with Crippen LogP contribution in [-0.4, -0.2) is 52.2 Å². The van der Waals surface area contributed by atoms with Gasteiger partial charge in [0.2, 0.25) is 0 Å². The molecule has 1 aliphatic heterocycles. The highest BCUT2D eigenvalue weighted by Crippen LogP contribution is 2.26. The fourth-order valence-corrected chi connectivity index (χ4v) is 4.77. The van der Waals surface area contributed by atoms with Gasteiger partial charge in [-0.25, -0.2) is 22.5 Å². The minimum absolute atomic E-state index is 0.00358. The molecule has 0 saturated carbocycles. The second-order valence-electron chi connectivity index (χ2n) is 7.44. The van der Waals surface area contributed by atoms with Crippen molar-refractivity contribution in [1.82, 2.24) is 24.5 Å². The lowest BCUT2D eigenvalue weighted by Gasteiger charge is -2.17. The van der Waals surface area contributed by atoms with Crippen LogP contribution in [0.1, 0.15) is 6.42 Å². The molecule has 3 aromatic heterocycles. The number of sulfonamides is 1. The van der Waals surface area contributed by atoms with Gasteiger partial charge in [0.15, 0.2) is 5.82 Å². The van der Waals surface area contributed by atoms with Crippen LogP contribution in [0.15, 0.2) is 60.0 Å². The number of nitrogens with one attached hydrogen (secondary N) is 1. The molecule has 0 spiro atoms. The quantitative estimate of drug-likeness (QED) is 0.511. The van der Waals surface area contributed by atoms with E-state index in [1.54, 1.807) is 48.4 Å². The van der Waals surface area contributed by atoms with E-state index >= 15 is 0 Å². The Kier molecular flexibility index (Phi) is 4.62. The number of para-hydroxylation sites is 1. The summed E-state index contributed by atoms with van der Waals surface area (Å²) in [6.07, 6.45) is 5.61. The normalized spacial score (nSPS) is 16.8. The van der Waals surface area contributed by atoms with Gasteiger partial charge in [-0.3, -0.25) is 9.40 Å². The van der Waals surface area contributed by atoms with E-state index in [-0.39, 0.29) is 4.90 Å². The van der Waals surface area contributed by atoms with E-state index < -0.39 is 16.2 Å². The van der Waals surface area contributed by atoms with E-state index in [9.17, 15) is 12.8 Å². The molecule has 1 N–H and O–H groups in total. The third kappa shape index (κ3) is 3.61. The van der Waals surface area contributed by atoms with Crippen molar-refractivity contribution in [3.8, 4) is 5.82 Å². The van der Waals surface area contributed by atoms with Gasteiger partial charge in [0.1, 0.15) is 11.1 Å². The van der Waals surface area contributed by atoms with Gasteiger partial charge in [-0.1, -0.05) is 12.1 Å². The number of nitrogens with zero attached hydrogens (tertiary/aromatic N) is 6. The highest BCUT2D eigenvalue weighted by atomic mass is 32.2. The summed E-state index contributed by atoms with van der Waals surface area (Å²) >= 11 is 0. The van der Waals surface area contributed by atoms with Crippen molar-refractivity contribution >= 4 is 32.3 Å². The van der Waals surface area contributed by atoms with Gasteiger partial charge in [0.25, 0.3) is 10.0 Å². The monoisotopic (exact) mass is 441 g/mol. The van der Waals surface area contributed by atoms with Gasteiger partial charge in [-0.05, 0) is 18.6 Å². The third-order valence-electron chi connectivity index (χ3n) is 5.33. The summed E-state index contributed by atoms with van der Waals surface area (Å²) in [7, 11) is -2.13. The predicted molar refractivity (Wildman–Crippen MR) is 115 cm³/mol. The maximum absolute atomic E-state index is 13.5. The van der Waals surface area contributed by atoms with Crippen molar-refractivity contribution < 1.29 is 12.8 Å². The molecule has 0 aliphatic carbocycles. The van der Waals surface area contributed by atoms with Gasteiger partial charge in [-0.2, -0.15) is 10.2 Å². The highest BCUT2D eigenvalue weighted by molar-refractivity contribution is 7.92. The first-order valence-corrected chi connectivity index (χ1v) is 11.2. The van der Waals surface area contributed by atoms with Crippen molar-refractivity contribution in [2.45, 2.75) is 17.5 Å². The highest BCUT2D eigenvalue weighted by Gasteiger charge is 2.23. The van der Waals surface area contributed by atoms with Gasteiger partial charge in [-0.15, -0.1) is 0 Å². The Morgan fingerprint density at radius 3 is 2.87 bits per heavy atom. The summed E-state index contributed by atoms with van der Waals surface area (Å²) in [5.74, 6) is 0.454. The Morgan fingerprint density at radius 2 is 2.06 bits per heavy atom. The number of halogens is 1. The lowest BCUT2D eigenvalue weighted by Crippen LogP contribution is -2.20. The van der Waals surface area contributed by atoms with Crippen molar-refractivity contribution in [2.24, 2.45) is 7.05 Å². The zero-order valence-electron chi connectivity index (χ0n) is 16.7. The van der Waals surface area contributed by atoms with Crippen molar-refractivity contribution in [3.05, 3.63) is 55.1 Å². The van der Waals surface area contributed by atoms with Crippen LogP contribution in [0.4, 0.5) is 15.8 Å². The van der Waals surface area contributed by atoms with Gasteiger partial charge in [0, 0.05) is 43.5 Å². The molecule has 5 rings (SSSR count). The molecule has 1 saturated heterocycles. The lowest BCUT2D eigenvalue weighted by molar-refractivity contribution is 0.364. The van der Waals surface area contributed by atoms with Crippen molar-refractivity contribution in [2.75, 3.05) is 22.7 Å². The van der Waals surface area contributed by atoms with Crippen LogP contribution in [0.5, 0.6) is 0 Å². The van der Waals surface area contributed by atoms with Gasteiger partial charge in [0.05, 0.1) is 29.8 Å². The maximum Gasteiger partial charge on any atom is 0.265 e. The standard InChI is InChI=1S/C20H20FN7O2S/c1-26-20-14(10-23-26)3-2-4-18(20)25-31(29,30)17-11-24-28(13-17)19-9-16(5-7-22-19)27-8-6-15(21)12-27/h2-5,7,9-11,13,15,25H,6,8,12H2,1H3. The molecule has 1 aliphatic rings. The predicted octanol–water partition coefficient (Wildman–Crippen LogP) is 2.50. The molecule has 9 nitrogen and oxygen atoms in total. The van der Waals surface area contributed by atoms with E-state index in [1.807, 2.05) is 11.0 Å². The first-order chi connectivity index (χ1) is 14.9. The molecule has 0 radical (unpaired) electrons. The first kappa shape index (κ1) is 19.5. The van der Waals surface area contributed by atoms with Crippen LogP contribution in [0.25, 0.3) is 16.7 Å². The molecule has 31 heavy (non-hydrogen) atoms. The fourth-order valence-electron chi connectivity index (χ4n) is 3.77. The average molecular weight is 441 g/mol. The summed E-state index contributed by atoms with van der Waals surface area (Å²) in [5, 5.41) is 9.18. The average Bonchev–Trinajstić information content (AvgIpc) is 3.49. The van der Waals surface area contributed by atoms with Crippen molar-refractivity contribution in [3.63, 3.8) is 0 Å². The number of pyridine rings is 1. The summed E-state index contributed by atoms with van der Waals surface area (Å²) in [6, 6.07) is 8.89. The van der Waals surface area contributed by atoms with E-state index in [1.165, 1.54) is 17.1 Å². The van der Waals surface area contributed by atoms with Crippen LogP contribution in [0.3, 0.4) is 0 Å². The largest absolute Gasteiger partial charge is 0.368 e. The van der Waals surface area contributed by atoms with Crippen LogP contribution < -0.4 is 9.62 Å². The van der Waals surface area contributed by atoms with E-state index in [4.69, 9.17) is 0 Å². The summed E-state index contributed by atoms with van der Waals surface area (Å²) < 4.78 is 45.1. The van der Waals surface area contributed by atoms with E-state index in [0.717, 1.165) is 11.1 Å². The number of aryl methyl sites for hydroxylation is 1. The Balaban J connectivity index is 1.43. The topological polar surface area (TPSA) is 97.9 Å². The smallest absolute Gasteiger partial charge is 0.265 e. The molecular formula is C20H20FN7O2S. The Labute approximate surface area is 178 Å². The molecule has 1 unspecified atom stereocenters. The fraction of sp³-hybridized carbons (Fsp3) is 0.250.